The highest BCUT2D eigenvalue weighted by atomic mass is 35.5. The van der Waals surface area contributed by atoms with Crippen molar-refractivity contribution in [3.05, 3.63) is 34.9 Å². The summed E-state index contributed by atoms with van der Waals surface area (Å²) in [7, 11) is 0. The number of ketones is 1. The lowest BCUT2D eigenvalue weighted by molar-refractivity contribution is -0.126. The number of hydrogen-bond acceptors (Lipinski definition) is 5. The number of rotatable bonds is 9. The largest absolute Gasteiger partial charge is 0.379 e. The van der Waals surface area contributed by atoms with Crippen LogP contribution >= 0.6 is 11.6 Å². The van der Waals surface area contributed by atoms with Gasteiger partial charge in [-0.1, -0.05) is 23.7 Å². The van der Waals surface area contributed by atoms with Gasteiger partial charge in [0.2, 0.25) is 11.8 Å². The number of halogens is 1. The molecule has 1 aliphatic heterocycles. The third kappa shape index (κ3) is 7.51. The number of carbonyl (C=O) groups is 3. The van der Waals surface area contributed by atoms with Crippen molar-refractivity contribution in [3.8, 4) is 0 Å². The van der Waals surface area contributed by atoms with Gasteiger partial charge in [-0.3, -0.25) is 19.3 Å². The van der Waals surface area contributed by atoms with E-state index in [0.29, 0.717) is 17.1 Å². The van der Waals surface area contributed by atoms with Gasteiger partial charge in [-0.2, -0.15) is 0 Å². The monoisotopic (exact) mass is 381 g/mol. The second kappa shape index (κ2) is 10.9. The molecule has 2 amide bonds. The van der Waals surface area contributed by atoms with E-state index in [4.69, 9.17) is 16.3 Å². The topological polar surface area (TPSA) is 87.7 Å². The molecule has 142 valence electrons. The zero-order valence-corrected chi connectivity index (χ0v) is 15.4. The number of benzene rings is 1. The summed E-state index contributed by atoms with van der Waals surface area (Å²) in [5.41, 5.74) is 0.478. The maximum Gasteiger partial charge on any atom is 0.239 e. The van der Waals surface area contributed by atoms with Gasteiger partial charge in [0, 0.05) is 49.6 Å². The standard InChI is InChI=1S/C18H24ClN3O4/c19-15-3-1-2-14(12-15)16(23)4-5-17(24)21-13-18(25)20-6-7-22-8-10-26-11-9-22/h1-3,12H,4-11,13H2,(H,20,25)(H,21,24). The average Bonchev–Trinajstić information content (AvgIpc) is 2.65. The highest BCUT2D eigenvalue weighted by molar-refractivity contribution is 6.31. The molecule has 1 saturated heterocycles. The summed E-state index contributed by atoms with van der Waals surface area (Å²) in [6.45, 7) is 4.38. The van der Waals surface area contributed by atoms with E-state index in [9.17, 15) is 14.4 Å². The Labute approximate surface area is 158 Å². The van der Waals surface area contributed by atoms with E-state index in [2.05, 4.69) is 15.5 Å². The summed E-state index contributed by atoms with van der Waals surface area (Å²) < 4.78 is 5.26. The van der Waals surface area contributed by atoms with Gasteiger partial charge in [0.1, 0.15) is 0 Å². The molecule has 1 aromatic carbocycles. The third-order valence-electron chi connectivity index (χ3n) is 4.03. The molecule has 0 radical (unpaired) electrons. The second-order valence-electron chi connectivity index (χ2n) is 6.01. The normalized spacial score (nSPS) is 14.7. The first-order chi connectivity index (χ1) is 12.5. The molecular formula is C18H24ClN3O4. The maximum absolute atomic E-state index is 12.0. The van der Waals surface area contributed by atoms with Crippen molar-refractivity contribution in [1.29, 1.82) is 0 Å². The van der Waals surface area contributed by atoms with Crippen molar-refractivity contribution >= 4 is 29.2 Å². The molecule has 0 spiro atoms. The molecule has 1 aromatic rings. The van der Waals surface area contributed by atoms with Crippen LogP contribution in [0.2, 0.25) is 5.02 Å². The first-order valence-electron chi connectivity index (χ1n) is 8.67. The molecule has 2 rings (SSSR count). The summed E-state index contributed by atoms with van der Waals surface area (Å²) in [5.74, 6) is -0.728. The molecule has 0 aromatic heterocycles. The van der Waals surface area contributed by atoms with Crippen molar-refractivity contribution in [2.45, 2.75) is 12.8 Å². The van der Waals surface area contributed by atoms with Crippen LogP contribution in [0.1, 0.15) is 23.2 Å². The average molecular weight is 382 g/mol. The van der Waals surface area contributed by atoms with E-state index in [1.807, 2.05) is 0 Å². The number of hydrogen-bond donors (Lipinski definition) is 2. The van der Waals surface area contributed by atoms with Crippen molar-refractivity contribution < 1.29 is 19.1 Å². The van der Waals surface area contributed by atoms with Crippen LogP contribution in [0.3, 0.4) is 0 Å². The molecule has 7 nitrogen and oxygen atoms in total. The van der Waals surface area contributed by atoms with Crippen molar-refractivity contribution in [2.24, 2.45) is 0 Å². The number of nitrogens with zero attached hydrogens (tertiary/aromatic N) is 1. The van der Waals surface area contributed by atoms with Crippen LogP contribution in [-0.2, 0) is 14.3 Å². The number of amides is 2. The van der Waals surface area contributed by atoms with E-state index in [1.54, 1.807) is 24.3 Å². The highest BCUT2D eigenvalue weighted by Crippen LogP contribution is 2.13. The molecule has 26 heavy (non-hydrogen) atoms. The Morgan fingerprint density at radius 3 is 2.58 bits per heavy atom. The summed E-state index contributed by atoms with van der Waals surface area (Å²) in [6.07, 6.45) is 0.108. The Bertz CT molecular complexity index is 633. The third-order valence-corrected chi connectivity index (χ3v) is 4.26. The summed E-state index contributed by atoms with van der Waals surface area (Å²) in [6, 6.07) is 6.61. The molecule has 0 aliphatic carbocycles. The Balaban J connectivity index is 1.57. The fraction of sp³-hybridized carbons (Fsp3) is 0.500. The predicted molar refractivity (Wildman–Crippen MR) is 98.3 cm³/mol. The van der Waals surface area contributed by atoms with Crippen molar-refractivity contribution in [1.82, 2.24) is 15.5 Å². The van der Waals surface area contributed by atoms with Crippen LogP contribution in [0, 0.1) is 0 Å². The molecule has 1 heterocycles. The first-order valence-corrected chi connectivity index (χ1v) is 9.04. The van der Waals surface area contributed by atoms with Crippen LogP contribution in [0.15, 0.2) is 24.3 Å². The number of morpholine rings is 1. The fourth-order valence-corrected chi connectivity index (χ4v) is 2.73. The predicted octanol–water partition coefficient (Wildman–Crippen LogP) is 0.867. The number of Topliss-reactive ketones (excluding diaryl/α,β-unsaturated/α-hetero) is 1. The quantitative estimate of drug-likeness (QED) is 0.620. The van der Waals surface area contributed by atoms with E-state index in [1.165, 1.54) is 0 Å². The van der Waals surface area contributed by atoms with Gasteiger partial charge in [0.05, 0.1) is 19.8 Å². The second-order valence-corrected chi connectivity index (χ2v) is 6.45. The zero-order valence-electron chi connectivity index (χ0n) is 14.6. The lowest BCUT2D eigenvalue weighted by Gasteiger charge is -2.26. The molecule has 2 N–H and O–H groups in total. The van der Waals surface area contributed by atoms with Gasteiger partial charge in [0.15, 0.2) is 5.78 Å². The maximum atomic E-state index is 12.0. The summed E-state index contributed by atoms with van der Waals surface area (Å²) >= 11 is 5.84. The van der Waals surface area contributed by atoms with Crippen molar-refractivity contribution in [2.75, 3.05) is 45.9 Å². The van der Waals surface area contributed by atoms with Crippen LogP contribution in [-0.4, -0.2) is 68.4 Å². The number of carbonyl (C=O) groups excluding carboxylic acids is 3. The van der Waals surface area contributed by atoms with Gasteiger partial charge in [-0.05, 0) is 12.1 Å². The molecule has 0 atom stereocenters. The van der Waals surface area contributed by atoms with E-state index in [0.717, 1.165) is 32.8 Å². The molecule has 1 fully saturated rings. The smallest absolute Gasteiger partial charge is 0.239 e. The van der Waals surface area contributed by atoms with Gasteiger partial charge >= 0.3 is 0 Å². The Kier molecular flexibility index (Phi) is 8.53. The van der Waals surface area contributed by atoms with E-state index >= 15 is 0 Å². The van der Waals surface area contributed by atoms with Crippen LogP contribution in [0.5, 0.6) is 0 Å². The molecule has 0 bridgehead atoms. The zero-order chi connectivity index (χ0) is 18.8. The van der Waals surface area contributed by atoms with Gasteiger partial charge in [-0.15, -0.1) is 0 Å². The lowest BCUT2D eigenvalue weighted by atomic mass is 10.1. The molecule has 8 heteroatoms. The SMILES string of the molecule is O=C(CCC(=O)c1cccc(Cl)c1)NCC(=O)NCCN1CCOCC1. The van der Waals surface area contributed by atoms with Crippen LogP contribution in [0.25, 0.3) is 0 Å². The number of ether oxygens (including phenoxy) is 1. The first kappa shape index (κ1) is 20.4. The Morgan fingerprint density at radius 1 is 1.08 bits per heavy atom. The van der Waals surface area contributed by atoms with Gasteiger partial charge in [0.25, 0.3) is 0 Å². The van der Waals surface area contributed by atoms with Crippen molar-refractivity contribution in [3.63, 3.8) is 0 Å². The Morgan fingerprint density at radius 2 is 1.85 bits per heavy atom. The minimum atomic E-state index is -0.330. The molecular weight excluding hydrogens is 358 g/mol. The lowest BCUT2D eigenvalue weighted by Crippen LogP contribution is -2.43. The number of nitrogens with one attached hydrogen (secondary N) is 2. The van der Waals surface area contributed by atoms with Gasteiger partial charge in [-0.25, -0.2) is 0 Å². The Hall–Kier alpha value is -1.96. The van der Waals surface area contributed by atoms with Gasteiger partial charge < -0.3 is 15.4 Å². The van der Waals surface area contributed by atoms with E-state index in [-0.39, 0.29) is 37.0 Å². The summed E-state index contributed by atoms with van der Waals surface area (Å²) in [5, 5.41) is 5.77. The molecule has 0 saturated carbocycles. The highest BCUT2D eigenvalue weighted by Gasteiger charge is 2.12. The van der Waals surface area contributed by atoms with Crippen LogP contribution < -0.4 is 10.6 Å². The van der Waals surface area contributed by atoms with E-state index < -0.39 is 0 Å². The fourth-order valence-electron chi connectivity index (χ4n) is 2.54. The minimum Gasteiger partial charge on any atom is -0.379 e. The molecule has 1 aliphatic rings. The summed E-state index contributed by atoms with van der Waals surface area (Å²) in [4.78, 5) is 37.7. The van der Waals surface area contributed by atoms with Crippen LogP contribution in [0.4, 0.5) is 0 Å². The molecule has 0 unspecified atom stereocenters. The minimum absolute atomic E-state index is 0.0341.